The molecule has 6 heteroatoms. The number of ketones is 1. The normalized spacial score (nSPS) is 14.3. The molecule has 1 aromatic carbocycles. The van der Waals surface area contributed by atoms with E-state index >= 15 is 0 Å². The average molecular weight is 300 g/mol. The number of carbonyl (C=O) groups excluding carboxylic acids is 1. The monoisotopic (exact) mass is 300 g/mol. The van der Waals surface area contributed by atoms with E-state index < -0.39 is 36.2 Å². The van der Waals surface area contributed by atoms with Gasteiger partial charge in [0.05, 0.1) is 0 Å². The Morgan fingerprint density at radius 3 is 2.14 bits per heavy atom. The van der Waals surface area contributed by atoms with E-state index in [4.69, 9.17) is 5.11 Å². The number of benzene rings is 1. The zero-order valence-electron chi connectivity index (χ0n) is 11.4. The van der Waals surface area contributed by atoms with Crippen LogP contribution in [-0.2, 0) is 4.79 Å². The molecular weight excluding hydrogens is 285 g/mol. The molecule has 0 bridgehead atoms. The maximum absolute atomic E-state index is 13.2. The number of rotatable bonds is 6. The van der Waals surface area contributed by atoms with Crippen molar-refractivity contribution in [1.82, 2.24) is 0 Å². The number of hydrogen-bond acceptors (Lipinski definition) is 2. The number of alkyl halides is 3. The molecule has 0 saturated carbocycles. The number of hydrogen-bond donors (Lipinski definition) is 1. The Morgan fingerprint density at radius 2 is 1.76 bits per heavy atom. The molecule has 1 N–H and O–H groups in total. The van der Waals surface area contributed by atoms with Crippen LogP contribution in [0.2, 0.25) is 0 Å². The molecule has 0 aliphatic rings. The summed E-state index contributed by atoms with van der Waals surface area (Å²) in [7, 11) is 0. The van der Waals surface area contributed by atoms with Gasteiger partial charge in [-0.3, -0.25) is 9.59 Å². The molecule has 21 heavy (non-hydrogen) atoms. The second-order valence-electron chi connectivity index (χ2n) is 4.84. The summed E-state index contributed by atoms with van der Waals surface area (Å²) in [5.41, 5.74) is -2.24. The lowest BCUT2D eigenvalue weighted by Crippen LogP contribution is -2.46. The summed E-state index contributed by atoms with van der Waals surface area (Å²) in [6.07, 6.45) is -6.19. The fraction of sp³-hybridized carbons (Fsp3) is 0.333. The first-order valence-corrected chi connectivity index (χ1v) is 6.15. The molecule has 0 spiro atoms. The highest BCUT2D eigenvalue weighted by Crippen LogP contribution is 2.45. The predicted octanol–water partition coefficient (Wildman–Crippen LogP) is 3.78. The van der Waals surface area contributed by atoms with Gasteiger partial charge in [-0.2, -0.15) is 13.2 Å². The maximum Gasteiger partial charge on any atom is 0.405 e. The highest BCUT2D eigenvalue weighted by Gasteiger charge is 2.60. The fourth-order valence-electron chi connectivity index (χ4n) is 1.93. The Kier molecular flexibility index (Phi) is 4.93. The topological polar surface area (TPSA) is 54.4 Å². The molecule has 0 aliphatic carbocycles. The summed E-state index contributed by atoms with van der Waals surface area (Å²) in [5, 5.41) is 9.01. The average Bonchev–Trinajstić information content (AvgIpc) is 2.37. The molecule has 3 nitrogen and oxygen atoms in total. The van der Waals surface area contributed by atoms with Crippen LogP contribution >= 0.6 is 0 Å². The van der Waals surface area contributed by atoms with Crippen LogP contribution in [-0.4, -0.2) is 23.0 Å². The maximum atomic E-state index is 13.2. The molecule has 1 aromatic rings. The van der Waals surface area contributed by atoms with Gasteiger partial charge >= 0.3 is 12.1 Å². The zero-order valence-corrected chi connectivity index (χ0v) is 11.4. The minimum atomic E-state index is -5.05. The van der Waals surface area contributed by atoms with Gasteiger partial charge in [0.2, 0.25) is 0 Å². The number of aliphatic carboxylic acids is 1. The largest absolute Gasteiger partial charge is 0.481 e. The van der Waals surface area contributed by atoms with E-state index in [9.17, 15) is 22.8 Å². The number of carboxylic acids is 1. The first kappa shape index (κ1) is 16.9. The Bertz CT molecular complexity index is 546. The highest BCUT2D eigenvalue weighted by molar-refractivity contribution is 5.99. The van der Waals surface area contributed by atoms with E-state index in [-0.39, 0.29) is 5.56 Å². The molecule has 1 rings (SSSR count). The smallest absolute Gasteiger partial charge is 0.405 e. The van der Waals surface area contributed by atoms with Crippen LogP contribution in [0.1, 0.15) is 28.8 Å². The van der Waals surface area contributed by atoms with Gasteiger partial charge in [-0.1, -0.05) is 35.9 Å². The third-order valence-corrected chi connectivity index (χ3v) is 3.28. The number of allylic oxidation sites excluding steroid dienone is 1. The molecule has 0 amide bonds. The standard InChI is InChI=1S/C15H15F3O3/c1-3-8-14(13(20)21,15(16,17)18)9-12(19)11-6-4-10(2)5-7-11/h3-7H,1,8-9H2,2H3,(H,20,21). The summed E-state index contributed by atoms with van der Waals surface area (Å²) in [5.74, 6) is -2.94. The van der Waals surface area contributed by atoms with Crippen molar-refractivity contribution in [1.29, 1.82) is 0 Å². The van der Waals surface area contributed by atoms with Crippen molar-refractivity contribution in [2.45, 2.75) is 25.9 Å². The molecule has 114 valence electrons. The van der Waals surface area contributed by atoms with Gasteiger partial charge in [-0.25, -0.2) is 0 Å². The Balaban J connectivity index is 3.17. The van der Waals surface area contributed by atoms with E-state index in [0.717, 1.165) is 11.6 Å². The Labute approximate surface area is 120 Å². The SMILES string of the molecule is C=CCC(CC(=O)c1ccc(C)cc1)(C(=O)O)C(F)(F)F. The zero-order chi connectivity index (χ0) is 16.3. The third-order valence-electron chi connectivity index (χ3n) is 3.28. The molecule has 1 unspecified atom stereocenters. The first-order chi connectivity index (χ1) is 9.64. The molecule has 0 radical (unpaired) electrons. The third kappa shape index (κ3) is 3.51. The van der Waals surface area contributed by atoms with E-state index in [1.54, 1.807) is 19.1 Å². The van der Waals surface area contributed by atoms with Crippen LogP contribution in [0.4, 0.5) is 13.2 Å². The quantitative estimate of drug-likeness (QED) is 0.642. The van der Waals surface area contributed by atoms with Crippen molar-refractivity contribution in [3.63, 3.8) is 0 Å². The van der Waals surface area contributed by atoms with Gasteiger partial charge in [0.1, 0.15) is 0 Å². The second kappa shape index (κ2) is 6.11. The lowest BCUT2D eigenvalue weighted by Gasteiger charge is -2.30. The first-order valence-electron chi connectivity index (χ1n) is 6.15. The molecule has 0 aliphatic heterocycles. The Morgan fingerprint density at radius 1 is 1.24 bits per heavy atom. The van der Waals surface area contributed by atoms with Gasteiger partial charge in [0, 0.05) is 12.0 Å². The highest BCUT2D eigenvalue weighted by atomic mass is 19.4. The lowest BCUT2D eigenvalue weighted by molar-refractivity contribution is -0.229. The van der Waals surface area contributed by atoms with Gasteiger partial charge in [-0.05, 0) is 13.3 Å². The van der Waals surface area contributed by atoms with Crippen LogP contribution in [0.15, 0.2) is 36.9 Å². The van der Waals surface area contributed by atoms with Crippen molar-refractivity contribution in [2.75, 3.05) is 0 Å². The van der Waals surface area contributed by atoms with E-state index in [0.29, 0.717) is 0 Å². The van der Waals surface area contributed by atoms with E-state index in [2.05, 4.69) is 6.58 Å². The number of carbonyl (C=O) groups is 2. The number of halogens is 3. The number of Topliss-reactive ketones (excluding diaryl/α,β-unsaturated/α-hetero) is 1. The molecular formula is C15H15F3O3. The van der Waals surface area contributed by atoms with E-state index in [1.807, 2.05) is 0 Å². The van der Waals surface area contributed by atoms with Gasteiger partial charge in [-0.15, -0.1) is 6.58 Å². The number of aryl methyl sites for hydroxylation is 1. The molecule has 0 heterocycles. The van der Waals surface area contributed by atoms with Crippen LogP contribution in [0.25, 0.3) is 0 Å². The number of carboxylic acid groups (broad SMARTS) is 1. The second-order valence-corrected chi connectivity index (χ2v) is 4.84. The summed E-state index contributed by atoms with van der Waals surface area (Å²) in [6, 6.07) is 5.93. The minimum absolute atomic E-state index is 0.0551. The molecule has 0 fully saturated rings. The Hall–Kier alpha value is -2.11. The minimum Gasteiger partial charge on any atom is -0.481 e. The predicted molar refractivity (Wildman–Crippen MR) is 71.1 cm³/mol. The van der Waals surface area contributed by atoms with Gasteiger partial charge in [0.25, 0.3) is 0 Å². The van der Waals surface area contributed by atoms with Crippen LogP contribution in [0, 0.1) is 12.3 Å². The van der Waals surface area contributed by atoms with Crippen molar-refractivity contribution in [2.24, 2.45) is 5.41 Å². The lowest BCUT2D eigenvalue weighted by atomic mass is 9.78. The summed E-state index contributed by atoms with van der Waals surface area (Å²) in [4.78, 5) is 23.2. The summed E-state index contributed by atoms with van der Waals surface area (Å²) in [6.45, 7) is 4.93. The van der Waals surface area contributed by atoms with Crippen molar-refractivity contribution < 1.29 is 27.9 Å². The molecule has 0 aromatic heterocycles. The molecule has 1 atom stereocenters. The van der Waals surface area contributed by atoms with Crippen LogP contribution in [0.3, 0.4) is 0 Å². The summed E-state index contributed by atoms with van der Waals surface area (Å²) < 4.78 is 39.5. The fourth-order valence-corrected chi connectivity index (χ4v) is 1.93. The van der Waals surface area contributed by atoms with Crippen molar-refractivity contribution >= 4 is 11.8 Å². The van der Waals surface area contributed by atoms with Crippen LogP contribution < -0.4 is 0 Å². The van der Waals surface area contributed by atoms with E-state index in [1.165, 1.54) is 12.1 Å². The molecule has 0 saturated heterocycles. The van der Waals surface area contributed by atoms with Crippen molar-refractivity contribution in [3.05, 3.63) is 48.0 Å². The van der Waals surface area contributed by atoms with Crippen molar-refractivity contribution in [3.8, 4) is 0 Å². The summed E-state index contributed by atoms with van der Waals surface area (Å²) >= 11 is 0. The van der Waals surface area contributed by atoms with Crippen LogP contribution in [0.5, 0.6) is 0 Å². The van der Waals surface area contributed by atoms with Gasteiger partial charge in [0.15, 0.2) is 11.2 Å². The van der Waals surface area contributed by atoms with Gasteiger partial charge < -0.3 is 5.11 Å².